The van der Waals surface area contributed by atoms with Gasteiger partial charge in [-0.25, -0.2) is 0 Å². The maximum Gasteiger partial charge on any atom is 0.395 e. The zero-order valence-corrected chi connectivity index (χ0v) is 6.97. The largest absolute Gasteiger partial charge is 0.508 e. The molecule has 72 valence electrons. The summed E-state index contributed by atoms with van der Waals surface area (Å²) >= 11 is 0. The van der Waals surface area contributed by atoms with Gasteiger partial charge in [-0.2, -0.15) is 13.2 Å². The first-order valence-electron chi connectivity index (χ1n) is 3.77. The summed E-state index contributed by atoms with van der Waals surface area (Å²) in [4.78, 5) is 0. The maximum atomic E-state index is 12.2. The number of hydrogen-bond acceptors (Lipinski definition) is 1. The van der Waals surface area contributed by atoms with Gasteiger partial charge in [0.25, 0.3) is 0 Å². The second-order valence-electron chi connectivity index (χ2n) is 2.86. The van der Waals surface area contributed by atoms with E-state index in [1.54, 1.807) is 0 Å². The highest BCUT2D eigenvalue weighted by Crippen LogP contribution is 2.34. The van der Waals surface area contributed by atoms with Crippen molar-refractivity contribution < 1.29 is 18.3 Å². The van der Waals surface area contributed by atoms with Gasteiger partial charge in [0.2, 0.25) is 0 Å². The van der Waals surface area contributed by atoms with Crippen LogP contribution >= 0.6 is 0 Å². The molecule has 4 heteroatoms. The number of hydrogen-bond donors (Lipinski definition) is 1. The Labute approximate surface area is 73.8 Å². The van der Waals surface area contributed by atoms with E-state index in [1.807, 2.05) is 0 Å². The molecule has 1 nitrogen and oxygen atoms in total. The first-order valence-corrected chi connectivity index (χ1v) is 3.77. The molecule has 0 amide bonds. The minimum atomic E-state index is -4.26. The Morgan fingerprint density at radius 1 is 1.31 bits per heavy atom. The van der Waals surface area contributed by atoms with E-state index in [1.165, 1.54) is 18.2 Å². The van der Waals surface area contributed by atoms with Crippen molar-refractivity contribution in [2.45, 2.75) is 19.0 Å². The standard InChI is InChI=1S/C9H9F3O/c1-6(9(10,11)12)7-3-2-4-8(13)5-7/h2-6,13H,1H3. The topological polar surface area (TPSA) is 20.2 Å². The van der Waals surface area contributed by atoms with Gasteiger partial charge in [0.05, 0.1) is 5.92 Å². The second kappa shape index (κ2) is 3.28. The number of halogens is 3. The minimum absolute atomic E-state index is 0.0764. The molecule has 0 fully saturated rings. The van der Waals surface area contributed by atoms with E-state index >= 15 is 0 Å². The fourth-order valence-electron chi connectivity index (χ4n) is 0.983. The number of aromatic hydroxyl groups is 1. The average molecular weight is 190 g/mol. The monoisotopic (exact) mass is 190 g/mol. The van der Waals surface area contributed by atoms with Crippen molar-refractivity contribution in [1.29, 1.82) is 0 Å². The Hall–Kier alpha value is -1.19. The molecule has 0 spiro atoms. The van der Waals surface area contributed by atoms with Crippen LogP contribution in [-0.4, -0.2) is 11.3 Å². The van der Waals surface area contributed by atoms with Gasteiger partial charge in [-0.1, -0.05) is 12.1 Å². The lowest BCUT2D eigenvalue weighted by Gasteiger charge is -2.15. The molecule has 0 saturated heterocycles. The molecule has 1 atom stereocenters. The van der Waals surface area contributed by atoms with E-state index in [4.69, 9.17) is 5.11 Å². The zero-order chi connectivity index (χ0) is 10.1. The summed E-state index contributed by atoms with van der Waals surface area (Å²) < 4.78 is 36.6. The van der Waals surface area contributed by atoms with E-state index in [9.17, 15) is 13.2 Å². The summed E-state index contributed by atoms with van der Waals surface area (Å²) in [6.07, 6.45) is -4.26. The molecule has 0 aliphatic carbocycles. The van der Waals surface area contributed by atoms with Crippen LogP contribution < -0.4 is 0 Å². The van der Waals surface area contributed by atoms with Crippen LogP contribution in [0, 0.1) is 0 Å². The molecule has 1 aromatic rings. The molecule has 0 aliphatic heterocycles. The quantitative estimate of drug-likeness (QED) is 0.721. The SMILES string of the molecule is CC(c1cccc(O)c1)C(F)(F)F. The lowest BCUT2D eigenvalue weighted by Crippen LogP contribution is -2.17. The van der Waals surface area contributed by atoms with Gasteiger partial charge in [-0.3, -0.25) is 0 Å². The van der Waals surface area contributed by atoms with Crippen LogP contribution in [-0.2, 0) is 0 Å². The normalized spacial score (nSPS) is 14.2. The van der Waals surface area contributed by atoms with E-state index in [0.29, 0.717) is 0 Å². The third kappa shape index (κ3) is 2.37. The first kappa shape index (κ1) is 9.89. The molecular formula is C9H9F3O. The van der Waals surface area contributed by atoms with Gasteiger partial charge in [-0.05, 0) is 24.6 Å². The first-order chi connectivity index (χ1) is 5.91. The fourth-order valence-corrected chi connectivity index (χ4v) is 0.983. The summed E-state index contributed by atoms with van der Waals surface area (Å²) in [5.41, 5.74) is 0.0764. The third-order valence-electron chi connectivity index (χ3n) is 1.86. The molecule has 1 unspecified atom stereocenters. The van der Waals surface area contributed by atoms with E-state index in [2.05, 4.69) is 0 Å². The molecule has 1 rings (SSSR count). The summed E-state index contributed by atoms with van der Waals surface area (Å²) in [6, 6.07) is 5.20. The Kier molecular flexibility index (Phi) is 2.50. The van der Waals surface area contributed by atoms with E-state index in [-0.39, 0.29) is 11.3 Å². The number of phenols is 1. The number of phenolic OH excluding ortho intramolecular Hbond substituents is 1. The van der Waals surface area contributed by atoms with Gasteiger partial charge < -0.3 is 5.11 Å². The van der Waals surface area contributed by atoms with Gasteiger partial charge in [0, 0.05) is 0 Å². The van der Waals surface area contributed by atoms with E-state index in [0.717, 1.165) is 13.0 Å². The lowest BCUT2D eigenvalue weighted by molar-refractivity contribution is -0.146. The van der Waals surface area contributed by atoms with Crippen molar-refractivity contribution in [3.8, 4) is 5.75 Å². The molecule has 1 aromatic carbocycles. The van der Waals surface area contributed by atoms with Crippen molar-refractivity contribution in [1.82, 2.24) is 0 Å². The zero-order valence-electron chi connectivity index (χ0n) is 6.97. The highest BCUT2D eigenvalue weighted by atomic mass is 19.4. The maximum absolute atomic E-state index is 12.2. The van der Waals surface area contributed by atoms with Crippen molar-refractivity contribution in [3.05, 3.63) is 29.8 Å². The average Bonchev–Trinajstić information content (AvgIpc) is 2.01. The minimum Gasteiger partial charge on any atom is -0.508 e. The predicted octanol–water partition coefficient (Wildman–Crippen LogP) is 3.06. The highest BCUT2D eigenvalue weighted by molar-refractivity contribution is 5.30. The van der Waals surface area contributed by atoms with Gasteiger partial charge in [-0.15, -0.1) is 0 Å². The Morgan fingerprint density at radius 3 is 2.38 bits per heavy atom. The molecule has 0 aliphatic rings. The smallest absolute Gasteiger partial charge is 0.395 e. The molecule has 0 aromatic heterocycles. The van der Waals surface area contributed by atoms with Crippen LogP contribution in [0.2, 0.25) is 0 Å². The highest BCUT2D eigenvalue weighted by Gasteiger charge is 2.36. The van der Waals surface area contributed by atoms with Crippen LogP contribution in [0.15, 0.2) is 24.3 Å². The van der Waals surface area contributed by atoms with Crippen LogP contribution in [0.4, 0.5) is 13.2 Å². The van der Waals surface area contributed by atoms with E-state index < -0.39 is 12.1 Å². The molecule has 0 heterocycles. The van der Waals surface area contributed by atoms with Crippen LogP contribution in [0.3, 0.4) is 0 Å². The third-order valence-corrected chi connectivity index (χ3v) is 1.86. The summed E-state index contributed by atoms with van der Waals surface area (Å²) in [6.45, 7) is 1.06. The van der Waals surface area contributed by atoms with Crippen LogP contribution in [0.25, 0.3) is 0 Å². The molecule has 0 radical (unpaired) electrons. The fraction of sp³-hybridized carbons (Fsp3) is 0.333. The van der Waals surface area contributed by atoms with Crippen molar-refractivity contribution in [2.24, 2.45) is 0 Å². The Morgan fingerprint density at radius 2 is 1.92 bits per heavy atom. The van der Waals surface area contributed by atoms with Crippen molar-refractivity contribution in [2.75, 3.05) is 0 Å². The number of rotatable bonds is 1. The lowest BCUT2D eigenvalue weighted by atomic mass is 10.0. The summed E-state index contributed by atoms with van der Waals surface area (Å²) in [5.74, 6) is -1.69. The number of benzene rings is 1. The van der Waals surface area contributed by atoms with Gasteiger partial charge >= 0.3 is 6.18 Å². The Bertz CT molecular complexity index is 293. The molecule has 1 N–H and O–H groups in total. The summed E-state index contributed by atoms with van der Waals surface area (Å²) in [7, 11) is 0. The molecule has 0 saturated carbocycles. The van der Waals surface area contributed by atoms with Crippen molar-refractivity contribution in [3.63, 3.8) is 0 Å². The number of alkyl halides is 3. The Balaban J connectivity index is 2.96. The van der Waals surface area contributed by atoms with Gasteiger partial charge in [0.15, 0.2) is 0 Å². The van der Waals surface area contributed by atoms with Crippen molar-refractivity contribution >= 4 is 0 Å². The van der Waals surface area contributed by atoms with Crippen LogP contribution in [0.1, 0.15) is 18.4 Å². The van der Waals surface area contributed by atoms with Gasteiger partial charge in [0.1, 0.15) is 5.75 Å². The predicted molar refractivity (Wildman–Crippen MR) is 42.6 cm³/mol. The molecule has 0 bridgehead atoms. The second-order valence-corrected chi connectivity index (χ2v) is 2.86. The summed E-state index contributed by atoms with van der Waals surface area (Å²) in [5, 5.41) is 8.96. The molecule has 13 heavy (non-hydrogen) atoms. The van der Waals surface area contributed by atoms with Crippen LogP contribution in [0.5, 0.6) is 5.75 Å². The molecular weight excluding hydrogens is 181 g/mol.